The molecule has 0 fully saturated rings. The number of anilines is 1. The van der Waals surface area contributed by atoms with Crippen molar-refractivity contribution in [1.29, 1.82) is 0 Å². The van der Waals surface area contributed by atoms with Gasteiger partial charge in [-0.25, -0.2) is 9.67 Å². The van der Waals surface area contributed by atoms with Crippen molar-refractivity contribution in [1.82, 2.24) is 24.7 Å². The number of carbonyl (C=O) groups is 1. The molecule has 8 heteroatoms. The maximum Gasteiger partial charge on any atom is 0.276 e. The summed E-state index contributed by atoms with van der Waals surface area (Å²) < 4.78 is 1.42. The number of hydrogen-bond donors (Lipinski definition) is 2. The highest BCUT2D eigenvalue weighted by atomic mass is 16.2. The summed E-state index contributed by atoms with van der Waals surface area (Å²) in [6.45, 7) is 0. The van der Waals surface area contributed by atoms with Crippen molar-refractivity contribution < 1.29 is 4.79 Å². The Hall–Kier alpha value is -3.29. The third-order valence-corrected chi connectivity index (χ3v) is 2.90. The van der Waals surface area contributed by atoms with Crippen LogP contribution in [0.25, 0.3) is 5.95 Å². The second-order valence-electron chi connectivity index (χ2n) is 4.48. The van der Waals surface area contributed by atoms with Crippen molar-refractivity contribution >= 4 is 11.6 Å². The predicted octanol–water partition coefficient (Wildman–Crippen LogP) is 0.532. The van der Waals surface area contributed by atoms with E-state index in [1.807, 2.05) is 0 Å². The lowest BCUT2D eigenvalue weighted by molar-refractivity contribution is -0.115. The molecule has 0 atom stereocenters. The van der Waals surface area contributed by atoms with E-state index in [0.29, 0.717) is 0 Å². The number of carbonyl (C=O) groups excluding carboxylic acids is 1. The molecular weight excluding hydrogens is 284 g/mol. The quantitative estimate of drug-likeness (QED) is 0.730. The lowest BCUT2D eigenvalue weighted by Gasteiger charge is -2.05. The molecule has 0 aliphatic carbocycles. The zero-order valence-electron chi connectivity index (χ0n) is 11.4. The third-order valence-electron chi connectivity index (χ3n) is 2.90. The first-order chi connectivity index (χ1) is 10.7. The van der Waals surface area contributed by atoms with E-state index in [1.54, 1.807) is 43.0 Å². The van der Waals surface area contributed by atoms with Crippen LogP contribution in [-0.4, -0.2) is 30.6 Å². The molecule has 0 bridgehead atoms. The van der Waals surface area contributed by atoms with E-state index in [1.165, 1.54) is 10.9 Å². The number of aromatic amines is 1. The van der Waals surface area contributed by atoms with Gasteiger partial charge in [0.05, 0.1) is 12.6 Å². The second-order valence-corrected chi connectivity index (χ2v) is 4.48. The number of nitrogens with zero attached hydrogens (tertiary/aromatic N) is 4. The number of nitrogens with one attached hydrogen (secondary N) is 2. The van der Waals surface area contributed by atoms with Gasteiger partial charge in [-0.2, -0.15) is 5.10 Å². The van der Waals surface area contributed by atoms with Gasteiger partial charge >= 0.3 is 0 Å². The van der Waals surface area contributed by atoms with Crippen molar-refractivity contribution in [2.45, 2.75) is 6.42 Å². The van der Waals surface area contributed by atoms with E-state index in [-0.39, 0.29) is 24.0 Å². The van der Waals surface area contributed by atoms with E-state index >= 15 is 0 Å². The molecule has 110 valence electrons. The Kier molecular flexibility index (Phi) is 3.73. The summed E-state index contributed by atoms with van der Waals surface area (Å²) in [6.07, 6.45) is 7.90. The van der Waals surface area contributed by atoms with Crippen LogP contribution in [-0.2, 0) is 11.2 Å². The smallest absolute Gasteiger partial charge is 0.276 e. The fourth-order valence-electron chi connectivity index (χ4n) is 1.87. The van der Waals surface area contributed by atoms with Crippen LogP contribution in [0.5, 0.6) is 0 Å². The first-order valence-corrected chi connectivity index (χ1v) is 6.50. The van der Waals surface area contributed by atoms with Gasteiger partial charge in [-0.1, -0.05) is 0 Å². The summed E-state index contributed by atoms with van der Waals surface area (Å²) in [4.78, 5) is 34.4. The number of H-pyrrole nitrogens is 1. The summed E-state index contributed by atoms with van der Waals surface area (Å²) in [5.74, 6) is -0.0209. The average molecular weight is 296 g/mol. The monoisotopic (exact) mass is 296 g/mol. The van der Waals surface area contributed by atoms with E-state index in [0.717, 1.165) is 5.56 Å². The molecule has 8 nitrogen and oxygen atoms in total. The lowest BCUT2D eigenvalue weighted by atomic mass is 10.2. The Labute approximate surface area is 124 Å². The minimum absolute atomic E-state index is 0.0926. The highest BCUT2D eigenvalue weighted by Gasteiger charge is 2.09. The maximum absolute atomic E-state index is 12.0. The molecule has 0 radical (unpaired) electrons. The molecule has 0 aliphatic rings. The van der Waals surface area contributed by atoms with Crippen LogP contribution in [0.15, 0.2) is 54.0 Å². The summed E-state index contributed by atoms with van der Waals surface area (Å²) in [5.41, 5.74) is 0.462. The van der Waals surface area contributed by atoms with Gasteiger partial charge in [-0.3, -0.25) is 19.6 Å². The SMILES string of the molecule is O=C(Cc1ccncc1)Nc1cnc(-n2cccn2)[nH]c1=O. The van der Waals surface area contributed by atoms with Crippen LogP contribution in [0.3, 0.4) is 0 Å². The van der Waals surface area contributed by atoms with Gasteiger partial charge in [-0.05, 0) is 23.8 Å². The predicted molar refractivity (Wildman–Crippen MR) is 78.6 cm³/mol. The Balaban J connectivity index is 1.73. The molecule has 0 aliphatic heterocycles. The highest BCUT2D eigenvalue weighted by molar-refractivity contribution is 5.91. The van der Waals surface area contributed by atoms with Gasteiger partial charge in [0.1, 0.15) is 5.69 Å². The molecule has 2 N–H and O–H groups in total. The number of rotatable bonds is 4. The Morgan fingerprint density at radius 2 is 2.09 bits per heavy atom. The summed E-state index contributed by atoms with van der Waals surface area (Å²) >= 11 is 0. The lowest BCUT2D eigenvalue weighted by Crippen LogP contribution is -2.23. The number of aromatic nitrogens is 5. The molecule has 3 heterocycles. The van der Waals surface area contributed by atoms with Gasteiger partial charge in [0.15, 0.2) is 0 Å². The third kappa shape index (κ3) is 3.06. The fraction of sp³-hybridized carbons (Fsp3) is 0.0714. The van der Waals surface area contributed by atoms with Gasteiger partial charge < -0.3 is 5.32 Å². The van der Waals surface area contributed by atoms with E-state index in [4.69, 9.17) is 0 Å². The van der Waals surface area contributed by atoms with Crippen molar-refractivity contribution in [2.75, 3.05) is 5.32 Å². The van der Waals surface area contributed by atoms with Gasteiger partial charge in [0.25, 0.3) is 5.56 Å². The number of amides is 1. The molecule has 22 heavy (non-hydrogen) atoms. The zero-order valence-corrected chi connectivity index (χ0v) is 11.4. The second kappa shape index (κ2) is 6.00. The molecular formula is C14H12N6O2. The van der Waals surface area contributed by atoms with Crippen LogP contribution < -0.4 is 10.9 Å². The highest BCUT2D eigenvalue weighted by Crippen LogP contribution is 2.03. The van der Waals surface area contributed by atoms with Crippen molar-refractivity contribution in [3.8, 4) is 5.95 Å². The summed E-state index contributed by atoms with van der Waals surface area (Å²) in [7, 11) is 0. The van der Waals surface area contributed by atoms with Crippen LogP contribution in [0, 0.1) is 0 Å². The van der Waals surface area contributed by atoms with Crippen LogP contribution >= 0.6 is 0 Å². The Bertz CT molecular complexity index is 826. The maximum atomic E-state index is 12.0. The van der Waals surface area contributed by atoms with E-state index in [9.17, 15) is 9.59 Å². The topological polar surface area (TPSA) is 106 Å². The Morgan fingerprint density at radius 1 is 1.27 bits per heavy atom. The first kappa shape index (κ1) is 13.7. The van der Waals surface area contributed by atoms with E-state index < -0.39 is 5.56 Å². The Morgan fingerprint density at radius 3 is 2.77 bits per heavy atom. The van der Waals surface area contributed by atoms with E-state index in [2.05, 4.69) is 25.4 Å². The van der Waals surface area contributed by atoms with Crippen molar-refractivity contribution in [3.05, 3.63) is 65.1 Å². The molecule has 0 saturated heterocycles. The summed E-state index contributed by atoms with van der Waals surface area (Å²) in [6, 6.07) is 5.19. The fourth-order valence-corrected chi connectivity index (χ4v) is 1.87. The van der Waals surface area contributed by atoms with Crippen LogP contribution in [0.1, 0.15) is 5.56 Å². The van der Waals surface area contributed by atoms with Crippen molar-refractivity contribution in [3.63, 3.8) is 0 Å². The minimum Gasteiger partial charge on any atom is -0.320 e. The van der Waals surface area contributed by atoms with Crippen molar-refractivity contribution in [2.24, 2.45) is 0 Å². The van der Waals surface area contributed by atoms with Gasteiger partial charge in [0.2, 0.25) is 11.9 Å². The summed E-state index contributed by atoms with van der Waals surface area (Å²) in [5, 5.41) is 6.50. The molecule has 3 aromatic heterocycles. The number of pyridine rings is 1. The molecule has 0 spiro atoms. The molecule has 0 saturated carbocycles. The molecule has 3 rings (SSSR count). The molecule has 0 aromatic carbocycles. The van der Waals surface area contributed by atoms with Crippen LogP contribution in [0.2, 0.25) is 0 Å². The molecule has 3 aromatic rings. The zero-order chi connectivity index (χ0) is 15.4. The van der Waals surface area contributed by atoms with Crippen LogP contribution in [0.4, 0.5) is 5.69 Å². The standard InChI is InChI=1S/C14H12N6O2/c21-12(8-10-2-5-15-6-3-10)18-11-9-16-14(19-13(11)22)20-7-1-4-17-20/h1-7,9H,8H2,(H,18,21)(H,16,19,22). The largest absolute Gasteiger partial charge is 0.320 e. The van der Waals surface area contributed by atoms with Gasteiger partial charge in [-0.15, -0.1) is 0 Å². The number of hydrogen-bond acceptors (Lipinski definition) is 5. The molecule has 1 amide bonds. The molecule has 0 unspecified atom stereocenters. The average Bonchev–Trinajstić information content (AvgIpc) is 3.04. The first-order valence-electron chi connectivity index (χ1n) is 6.50. The van der Waals surface area contributed by atoms with Gasteiger partial charge in [0, 0.05) is 24.8 Å². The minimum atomic E-state index is -0.441. The normalized spacial score (nSPS) is 10.4.